The number of ether oxygens (including phenoxy) is 2. The largest absolute Gasteiger partial charge is 0.497 e. The van der Waals surface area contributed by atoms with Gasteiger partial charge in [0.25, 0.3) is 0 Å². The van der Waals surface area contributed by atoms with Crippen LogP contribution in [0, 0.1) is 6.92 Å². The minimum atomic E-state index is -0.772. The zero-order valence-electron chi connectivity index (χ0n) is 20.8. The quantitative estimate of drug-likeness (QED) is 0.372. The number of aliphatic carboxylic acids is 1. The van der Waals surface area contributed by atoms with Gasteiger partial charge in [-0.15, -0.1) is 0 Å². The van der Waals surface area contributed by atoms with Gasteiger partial charge in [-0.25, -0.2) is 4.98 Å². The van der Waals surface area contributed by atoms with E-state index in [1.165, 1.54) is 0 Å². The predicted octanol–water partition coefficient (Wildman–Crippen LogP) is 6.52. The Morgan fingerprint density at radius 1 is 1.19 bits per heavy atom. The van der Waals surface area contributed by atoms with Crippen LogP contribution in [0.5, 0.6) is 11.5 Å². The summed E-state index contributed by atoms with van der Waals surface area (Å²) in [6, 6.07) is 12.0. The highest BCUT2D eigenvalue weighted by Crippen LogP contribution is 2.44. The number of hydrogen-bond acceptors (Lipinski definition) is 5. The number of carboxylic acids is 1. The van der Waals surface area contributed by atoms with Gasteiger partial charge < -0.3 is 19.0 Å². The van der Waals surface area contributed by atoms with Crippen LogP contribution in [-0.2, 0) is 17.6 Å². The van der Waals surface area contributed by atoms with Gasteiger partial charge >= 0.3 is 5.97 Å². The molecule has 186 valence electrons. The third-order valence-electron chi connectivity index (χ3n) is 6.95. The van der Waals surface area contributed by atoms with Crippen molar-refractivity contribution in [2.24, 2.45) is 0 Å². The van der Waals surface area contributed by atoms with Crippen LogP contribution in [0.25, 0.3) is 16.7 Å². The first-order valence-electron chi connectivity index (χ1n) is 12.5. The number of benzene rings is 2. The highest BCUT2D eigenvalue weighted by Gasteiger charge is 2.29. The highest BCUT2D eigenvalue weighted by molar-refractivity contribution is 5.76. The van der Waals surface area contributed by atoms with Crippen molar-refractivity contribution in [1.82, 2.24) is 4.98 Å². The normalized spacial score (nSPS) is 16.5. The predicted molar refractivity (Wildman–Crippen MR) is 139 cm³/mol. The summed E-state index contributed by atoms with van der Waals surface area (Å²) in [5.74, 6) is 2.25. The number of hydrogen-bond donors (Lipinski definition) is 1. The van der Waals surface area contributed by atoms with E-state index in [4.69, 9.17) is 18.9 Å². The molecule has 0 spiro atoms. The summed E-state index contributed by atoms with van der Waals surface area (Å²) < 4.78 is 17.6. The lowest BCUT2D eigenvalue weighted by Crippen LogP contribution is -2.06. The Kier molecular flexibility index (Phi) is 6.94. The zero-order chi connectivity index (χ0) is 25.1. The lowest BCUT2D eigenvalue weighted by Gasteiger charge is -2.17. The van der Waals surface area contributed by atoms with Gasteiger partial charge in [0.1, 0.15) is 17.3 Å². The standard InChI is InChI=1S/C30H31NO5/c1-19-27(31-30(36-19)20-7-4-3-5-8-20)13-14-35-25-16-22-11-12-23(17-28(32)33)29(22)26(18-25)21-9-6-10-24(15-21)34-2/h4,6-10,15-16,18,23H,3,5,11-14,17H2,1-2H3,(H,32,33). The third kappa shape index (κ3) is 5.08. The Bertz CT molecular complexity index is 1330. The van der Waals surface area contributed by atoms with Gasteiger partial charge in [0.2, 0.25) is 5.89 Å². The molecule has 0 amide bonds. The van der Waals surface area contributed by atoms with Crippen molar-refractivity contribution in [2.75, 3.05) is 13.7 Å². The molecule has 5 rings (SSSR count). The van der Waals surface area contributed by atoms with Crippen molar-refractivity contribution in [3.63, 3.8) is 0 Å². The summed E-state index contributed by atoms with van der Waals surface area (Å²) in [5, 5.41) is 9.46. The Morgan fingerprint density at radius 3 is 2.86 bits per heavy atom. The van der Waals surface area contributed by atoms with E-state index >= 15 is 0 Å². The minimum Gasteiger partial charge on any atom is -0.497 e. The van der Waals surface area contributed by atoms with Crippen molar-refractivity contribution in [2.45, 2.75) is 51.4 Å². The van der Waals surface area contributed by atoms with E-state index < -0.39 is 5.97 Å². The molecule has 1 heterocycles. The summed E-state index contributed by atoms with van der Waals surface area (Å²) in [5.41, 5.74) is 6.23. The molecule has 2 aromatic carbocycles. The molecule has 2 aliphatic carbocycles. The van der Waals surface area contributed by atoms with Gasteiger partial charge in [0, 0.05) is 12.0 Å². The molecule has 6 heteroatoms. The van der Waals surface area contributed by atoms with Crippen molar-refractivity contribution < 1.29 is 23.8 Å². The summed E-state index contributed by atoms with van der Waals surface area (Å²) in [7, 11) is 1.65. The molecule has 0 radical (unpaired) electrons. The topological polar surface area (TPSA) is 81.8 Å². The average Bonchev–Trinajstić information content (AvgIpc) is 3.47. The molecule has 1 aromatic heterocycles. The Morgan fingerprint density at radius 2 is 2.08 bits per heavy atom. The van der Waals surface area contributed by atoms with Crippen LogP contribution in [-0.4, -0.2) is 29.8 Å². The fourth-order valence-corrected chi connectivity index (χ4v) is 5.20. The number of oxazole rings is 1. The summed E-state index contributed by atoms with van der Waals surface area (Å²) in [6.45, 7) is 2.41. The van der Waals surface area contributed by atoms with Crippen molar-refractivity contribution in [3.8, 4) is 22.6 Å². The van der Waals surface area contributed by atoms with E-state index in [0.717, 1.165) is 76.5 Å². The van der Waals surface area contributed by atoms with E-state index in [0.29, 0.717) is 18.9 Å². The molecular formula is C30H31NO5. The second-order valence-electron chi connectivity index (χ2n) is 9.37. The summed E-state index contributed by atoms with van der Waals surface area (Å²) >= 11 is 0. The number of nitrogens with zero attached hydrogens (tertiary/aromatic N) is 1. The first-order chi connectivity index (χ1) is 17.5. The van der Waals surface area contributed by atoms with E-state index in [9.17, 15) is 9.90 Å². The maximum absolute atomic E-state index is 11.5. The molecule has 2 aliphatic rings. The van der Waals surface area contributed by atoms with Crippen molar-refractivity contribution in [1.29, 1.82) is 0 Å². The number of carbonyl (C=O) groups is 1. The van der Waals surface area contributed by atoms with Crippen LogP contribution in [0.4, 0.5) is 0 Å². The smallest absolute Gasteiger partial charge is 0.303 e. The second kappa shape index (κ2) is 10.4. The number of aryl methyl sites for hydroxylation is 2. The Labute approximate surface area is 211 Å². The minimum absolute atomic E-state index is 0.00732. The molecule has 0 saturated heterocycles. The lowest BCUT2D eigenvalue weighted by atomic mass is 9.89. The van der Waals surface area contributed by atoms with Crippen LogP contribution in [0.15, 0.2) is 59.0 Å². The number of fused-ring (bicyclic) bond motifs is 1. The molecule has 0 aliphatic heterocycles. The molecule has 0 bridgehead atoms. The number of aromatic nitrogens is 1. The van der Waals surface area contributed by atoms with Gasteiger partial charge in [-0.2, -0.15) is 0 Å². The number of rotatable bonds is 9. The number of carboxylic acid groups (broad SMARTS) is 1. The van der Waals surface area contributed by atoms with Crippen LogP contribution >= 0.6 is 0 Å². The molecule has 1 N–H and O–H groups in total. The molecule has 1 atom stereocenters. The third-order valence-corrected chi connectivity index (χ3v) is 6.95. The second-order valence-corrected chi connectivity index (χ2v) is 9.37. The molecule has 0 saturated carbocycles. The first-order valence-corrected chi connectivity index (χ1v) is 12.5. The average molecular weight is 486 g/mol. The fraction of sp³-hybridized carbons (Fsp3) is 0.333. The number of methoxy groups -OCH3 is 1. The van der Waals surface area contributed by atoms with E-state index in [1.807, 2.05) is 37.3 Å². The molecule has 0 fully saturated rings. The first kappa shape index (κ1) is 23.9. The van der Waals surface area contributed by atoms with Crippen LogP contribution in [0.3, 0.4) is 0 Å². The Balaban J connectivity index is 1.38. The zero-order valence-corrected chi connectivity index (χ0v) is 20.8. The molecule has 3 aromatic rings. The Hall–Kier alpha value is -3.80. The SMILES string of the molecule is COc1cccc(-c2cc(OCCc3nc(C4=CCCC=C4)oc3C)cc3c2C(CC(=O)O)CC3)c1. The maximum Gasteiger partial charge on any atom is 0.303 e. The van der Waals surface area contributed by atoms with E-state index in [1.54, 1.807) is 7.11 Å². The van der Waals surface area contributed by atoms with Gasteiger partial charge in [-0.1, -0.05) is 30.4 Å². The summed E-state index contributed by atoms with van der Waals surface area (Å²) in [6.07, 6.45) is 10.9. The highest BCUT2D eigenvalue weighted by atomic mass is 16.5. The maximum atomic E-state index is 11.5. The van der Waals surface area contributed by atoms with E-state index in [2.05, 4.69) is 24.3 Å². The lowest BCUT2D eigenvalue weighted by molar-refractivity contribution is -0.137. The van der Waals surface area contributed by atoms with Crippen molar-refractivity contribution >= 4 is 11.5 Å². The van der Waals surface area contributed by atoms with Crippen LogP contribution < -0.4 is 9.47 Å². The van der Waals surface area contributed by atoms with Crippen molar-refractivity contribution in [3.05, 3.63) is 83.1 Å². The monoisotopic (exact) mass is 485 g/mol. The van der Waals surface area contributed by atoms with Crippen LogP contribution in [0.1, 0.15) is 60.1 Å². The van der Waals surface area contributed by atoms with E-state index in [-0.39, 0.29) is 12.3 Å². The molecular weight excluding hydrogens is 454 g/mol. The van der Waals surface area contributed by atoms with Gasteiger partial charge in [-0.3, -0.25) is 4.79 Å². The molecule has 1 unspecified atom stereocenters. The van der Waals surface area contributed by atoms with Crippen LogP contribution in [0.2, 0.25) is 0 Å². The summed E-state index contributed by atoms with van der Waals surface area (Å²) in [4.78, 5) is 16.2. The van der Waals surface area contributed by atoms with Gasteiger partial charge in [-0.05, 0) is 85.0 Å². The van der Waals surface area contributed by atoms with Gasteiger partial charge in [0.05, 0.1) is 25.8 Å². The molecule has 36 heavy (non-hydrogen) atoms. The fourth-order valence-electron chi connectivity index (χ4n) is 5.20. The number of allylic oxidation sites excluding steroid dienone is 4. The van der Waals surface area contributed by atoms with Gasteiger partial charge in [0.15, 0.2) is 0 Å². The molecule has 6 nitrogen and oxygen atoms in total.